The van der Waals surface area contributed by atoms with Gasteiger partial charge in [-0.15, -0.1) is 0 Å². The Kier molecular flexibility index (Phi) is 8.42. The second kappa shape index (κ2) is 11.9. The summed E-state index contributed by atoms with van der Waals surface area (Å²) in [6.45, 7) is 0.757. The number of nitrogens with zero attached hydrogens (tertiary/aromatic N) is 1. The molecule has 1 fully saturated rings. The molecule has 36 heavy (non-hydrogen) atoms. The van der Waals surface area contributed by atoms with Gasteiger partial charge in [-0.1, -0.05) is 11.6 Å². The van der Waals surface area contributed by atoms with Crippen LogP contribution in [-0.2, 0) is 9.47 Å². The number of hydrogen-bond donors (Lipinski definition) is 3. The summed E-state index contributed by atoms with van der Waals surface area (Å²) in [5.74, 6) is 0.985. The van der Waals surface area contributed by atoms with Crippen molar-refractivity contribution in [2.45, 2.75) is 18.9 Å². The van der Waals surface area contributed by atoms with Crippen molar-refractivity contribution in [2.75, 3.05) is 39.5 Å². The van der Waals surface area contributed by atoms with Crippen LogP contribution in [0.1, 0.15) is 23.2 Å². The first kappa shape index (κ1) is 25.5. The van der Waals surface area contributed by atoms with Crippen LogP contribution in [0.15, 0.2) is 42.6 Å². The number of hydrogen-bond acceptors (Lipinski definition) is 7. The van der Waals surface area contributed by atoms with Crippen LogP contribution in [-0.4, -0.2) is 57.1 Å². The van der Waals surface area contributed by atoms with E-state index in [0.29, 0.717) is 57.6 Å². The van der Waals surface area contributed by atoms with E-state index in [2.05, 4.69) is 20.9 Å². The van der Waals surface area contributed by atoms with Gasteiger partial charge in [0.1, 0.15) is 24.0 Å². The molecule has 0 atom stereocenters. The number of carbonyl (C=O) groups excluding carboxylic acids is 2. The Labute approximate surface area is 213 Å². The largest absolute Gasteiger partial charge is 0.496 e. The predicted molar refractivity (Wildman–Crippen MR) is 135 cm³/mol. The number of urea groups is 1. The van der Waals surface area contributed by atoms with Crippen molar-refractivity contribution < 1.29 is 28.5 Å². The van der Waals surface area contributed by atoms with E-state index in [4.69, 9.17) is 30.5 Å². The minimum atomic E-state index is -0.326. The second-order valence-corrected chi connectivity index (χ2v) is 8.47. The summed E-state index contributed by atoms with van der Waals surface area (Å²) < 4.78 is 21.5. The summed E-state index contributed by atoms with van der Waals surface area (Å²) in [6.07, 6.45) is 3.58. The molecule has 11 heteroatoms. The van der Waals surface area contributed by atoms with Crippen LogP contribution in [0.5, 0.6) is 17.2 Å². The minimum Gasteiger partial charge on any atom is -0.496 e. The lowest BCUT2D eigenvalue weighted by Crippen LogP contribution is -2.30. The Morgan fingerprint density at radius 1 is 1.11 bits per heavy atom. The SMILES string of the molecule is COCOCCNC(=O)c1cc2c(Oc3ccc(NC(=O)NC4CC4)c(Cl)c3)ccnc2cc1OC. The first-order valence-corrected chi connectivity index (χ1v) is 11.7. The highest BCUT2D eigenvalue weighted by Crippen LogP contribution is 2.35. The lowest BCUT2D eigenvalue weighted by atomic mass is 10.1. The van der Waals surface area contributed by atoms with Crippen LogP contribution in [0, 0.1) is 0 Å². The maximum absolute atomic E-state index is 12.8. The number of rotatable bonds is 11. The van der Waals surface area contributed by atoms with E-state index >= 15 is 0 Å². The number of nitrogens with one attached hydrogen (secondary N) is 3. The molecule has 10 nitrogen and oxygen atoms in total. The topological polar surface area (TPSA) is 120 Å². The fourth-order valence-corrected chi connectivity index (χ4v) is 3.63. The molecule has 3 aromatic rings. The number of methoxy groups -OCH3 is 2. The zero-order valence-corrected chi connectivity index (χ0v) is 20.7. The third-order valence-electron chi connectivity index (χ3n) is 5.33. The van der Waals surface area contributed by atoms with Gasteiger partial charge >= 0.3 is 6.03 Å². The predicted octanol–water partition coefficient (Wildman–Crippen LogP) is 4.32. The molecule has 0 saturated heterocycles. The van der Waals surface area contributed by atoms with Crippen LogP contribution in [0.4, 0.5) is 10.5 Å². The minimum absolute atomic E-state index is 0.149. The first-order chi connectivity index (χ1) is 17.5. The molecule has 0 bridgehead atoms. The number of halogens is 1. The number of ether oxygens (including phenoxy) is 4. The molecule has 0 unspecified atom stereocenters. The second-order valence-electron chi connectivity index (χ2n) is 8.07. The number of carbonyl (C=O) groups is 2. The Hall–Kier alpha value is -3.60. The molecule has 1 aromatic heterocycles. The monoisotopic (exact) mass is 514 g/mol. The molecule has 1 aliphatic rings. The van der Waals surface area contributed by atoms with Crippen molar-refractivity contribution in [1.82, 2.24) is 15.6 Å². The maximum Gasteiger partial charge on any atom is 0.319 e. The molecule has 4 rings (SSSR count). The summed E-state index contributed by atoms with van der Waals surface area (Å²) in [4.78, 5) is 29.2. The summed E-state index contributed by atoms with van der Waals surface area (Å²) in [7, 11) is 3.02. The third-order valence-corrected chi connectivity index (χ3v) is 5.64. The van der Waals surface area contributed by atoms with Gasteiger partial charge in [-0.3, -0.25) is 9.78 Å². The van der Waals surface area contributed by atoms with Crippen molar-refractivity contribution in [2.24, 2.45) is 0 Å². The molecular formula is C25H27ClN4O6. The lowest BCUT2D eigenvalue weighted by Gasteiger charge is -2.14. The van der Waals surface area contributed by atoms with Gasteiger partial charge in [-0.05, 0) is 37.1 Å². The van der Waals surface area contributed by atoms with Gasteiger partial charge in [-0.2, -0.15) is 0 Å². The van der Waals surface area contributed by atoms with Gasteiger partial charge in [0, 0.05) is 43.4 Å². The van der Waals surface area contributed by atoms with Crippen LogP contribution in [0.2, 0.25) is 5.02 Å². The zero-order valence-electron chi connectivity index (χ0n) is 19.9. The van der Waals surface area contributed by atoms with Gasteiger partial charge in [0.25, 0.3) is 5.91 Å². The zero-order chi connectivity index (χ0) is 25.5. The number of pyridine rings is 1. The number of amides is 3. The van der Waals surface area contributed by atoms with E-state index in [1.165, 1.54) is 14.2 Å². The van der Waals surface area contributed by atoms with Crippen molar-refractivity contribution in [3.8, 4) is 17.2 Å². The van der Waals surface area contributed by atoms with E-state index in [-0.39, 0.29) is 24.8 Å². The number of benzene rings is 2. The van der Waals surface area contributed by atoms with E-state index < -0.39 is 0 Å². The van der Waals surface area contributed by atoms with Gasteiger partial charge in [-0.25, -0.2) is 4.79 Å². The Balaban J connectivity index is 1.52. The van der Waals surface area contributed by atoms with Gasteiger partial charge < -0.3 is 34.9 Å². The molecule has 0 radical (unpaired) electrons. The summed E-state index contributed by atoms with van der Waals surface area (Å²) >= 11 is 6.37. The fourth-order valence-electron chi connectivity index (χ4n) is 3.42. The molecule has 3 N–H and O–H groups in total. The third kappa shape index (κ3) is 6.54. The summed E-state index contributed by atoms with van der Waals surface area (Å²) in [6, 6.07) is 9.96. The molecule has 1 heterocycles. The number of fused-ring (bicyclic) bond motifs is 1. The van der Waals surface area contributed by atoms with Crippen molar-refractivity contribution >= 4 is 40.1 Å². The average Bonchev–Trinajstić information content (AvgIpc) is 3.68. The lowest BCUT2D eigenvalue weighted by molar-refractivity contribution is -0.0286. The van der Waals surface area contributed by atoms with E-state index in [1.807, 2.05) is 0 Å². The van der Waals surface area contributed by atoms with Crippen LogP contribution < -0.4 is 25.4 Å². The van der Waals surface area contributed by atoms with Crippen LogP contribution >= 0.6 is 11.6 Å². The van der Waals surface area contributed by atoms with Gasteiger partial charge in [0.2, 0.25) is 0 Å². The molecule has 1 aliphatic carbocycles. The molecule has 2 aromatic carbocycles. The molecule has 190 valence electrons. The average molecular weight is 515 g/mol. The Morgan fingerprint density at radius 3 is 2.67 bits per heavy atom. The quantitative estimate of drug-likeness (QED) is 0.257. The molecular weight excluding hydrogens is 488 g/mol. The number of aromatic nitrogens is 1. The fraction of sp³-hybridized carbons (Fsp3) is 0.320. The van der Waals surface area contributed by atoms with Crippen molar-refractivity contribution in [3.05, 3.63) is 53.2 Å². The van der Waals surface area contributed by atoms with E-state index in [1.54, 1.807) is 42.6 Å². The van der Waals surface area contributed by atoms with Crippen molar-refractivity contribution in [3.63, 3.8) is 0 Å². The number of anilines is 1. The highest BCUT2D eigenvalue weighted by molar-refractivity contribution is 6.33. The standard InChI is InChI=1S/C25H27ClN4O6/c1-33-14-35-10-9-28-24(31)18-12-17-21(13-23(18)34-2)27-8-7-22(17)36-16-5-6-20(19(26)11-16)30-25(32)29-15-3-4-15/h5-8,11-13,15H,3-4,9-10,14H2,1-2H3,(H,28,31)(H2,29,30,32). The van der Waals surface area contributed by atoms with E-state index in [9.17, 15) is 9.59 Å². The van der Waals surface area contributed by atoms with Crippen LogP contribution in [0.3, 0.4) is 0 Å². The molecule has 0 spiro atoms. The molecule has 0 aliphatic heterocycles. The highest BCUT2D eigenvalue weighted by atomic mass is 35.5. The summed E-state index contributed by atoms with van der Waals surface area (Å²) in [5, 5.41) is 9.32. The van der Waals surface area contributed by atoms with Gasteiger partial charge in [0.05, 0.1) is 35.5 Å². The maximum atomic E-state index is 12.8. The van der Waals surface area contributed by atoms with Gasteiger partial charge in [0.15, 0.2) is 0 Å². The smallest absolute Gasteiger partial charge is 0.319 e. The Bertz CT molecular complexity index is 1250. The van der Waals surface area contributed by atoms with Crippen LogP contribution in [0.25, 0.3) is 10.9 Å². The Morgan fingerprint density at radius 2 is 1.94 bits per heavy atom. The highest BCUT2D eigenvalue weighted by Gasteiger charge is 2.23. The van der Waals surface area contributed by atoms with Crippen molar-refractivity contribution in [1.29, 1.82) is 0 Å². The first-order valence-electron chi connectivity index (χ1n) is 11.3. The molecule has 1 saturated carbocycles. The summed E-state index contributed by atoms with van der Waals surface area (Å²) in [5.41, 5.74) is 1.39. The molecule has 3 amide bonds. The van der Waals surface area contributed by atoms with E-state index in [0.717, 1.165) is 12.8 Å². The normalized spacial score (nSPS) is 12.8.